The summed E-state index contributed by atoms with van der Waals surface area (Å²) in [6, 6.07) is 35.6. The molecule has 0 aliphatic rings. The predicted octanol–water partition coefficient (Wildman–Crippen LogP) is 9.59. The highest BCUT2D eigenvalue weighted by molar-refractivity contribution is 5.80. The fourth-order valence-electron chi connectivity index (χ4n) is 5.13. The fourth-order valence-corrected chi connectivity index (χ4v) is 5.13. The molecule has 0 aliphatic carbocycles. The van der Waals surface area contributed by atoms with Crippen LogP contribution in [0.3, 0.4) is 0 Å². The number of rotatable bonds is 5. The van der Waals surface area contributed by atoms with E-state index >= 15 is 0 Å². The van der Waals surface area contributed by atoms with Crippen molar-refractivity contribution in [2.45, 2.75) is 52.4 Å². The smallest absolute Gasteiger partial charge is 0.164 e. The summed E-state index contributed by atoms with van der Waals surface area (Å²) >= 11 is 0. The fraction of sp³-hybridized carbons (Fsp3) is 0.205. The van der Waals surface area contributed by atoms with Crippen molar-refractivity contribution < 1.29 is 0 Å². The zero-order valence-electron chi connectivity index (χ0n) is 26.2. The van der Waals surface area contributed by atoms with Crippen LogP contribution in [-0.2, 0) is 10.8 Å². The second kappa shape index (κ2) is 11.6. The number of benzene rings is 4. The van der Waals surface area contributed by atoms with Crippen LogP contribution in [0.1, 0.15) is 52.7 Å². The molecule has 0 N–H and O–H groups in total. The summed E-state index contributed by atoms with van der Waals surface area (Å²) in [5.74, 6) is 1.87. The first-order valence-electron chi connectivity index (χ1n) is 15.0. The minimum atomic E-state index is -0.00745. The first kappa shape index (κ1) is 29.1. The minimum Gasteiger partial charge on any atom is -0.245 e. The van der Waals surface area contributed by atoms with Gasteiger partial charge in [0.2, 0.25) is 0 Å². The van der Waals surface area contributed by atoms with Gasteiger partial charge in [0.05, 0.1) is 5.69 Å². The third-order valence-corrected chi connectivity index (χ3v) is 7.77. The Morgan fingerprint density at radius 1 is 0.432 bits per heavy atom. The number of nitrogens with zero attached hydrogens (tertiary/aromatic N) is 5. The monoisotopic (exact) mass is 575 g/mol. The van der Waals surface area contributed by atoms with Gasteiger partial charge < -0.3 is 0 Å². The molecule has 6 rings (SSSR count). The zero-order valence-corrected chi connectivity index (χ0v) is 26.2. The van der Waals surface area contributed by atoms with Crippen LogP contribution in [0.2, 0.25) is 0 Å². The Morgan fingerprint density at radius 2 is 0.886 bits per heavy atom. The van der Waals surface area contributed by atoms with Crippen molar-refractivity contribution in [3.63, 3.8) is 0 Å². The highest BCUT2D eigenvalue weighted by Gasteiger charge is 2.22. The van der Waals surface area contributed by atoms with Gasteiger partial charge in [-0.3, -0.25) is 0 Å². The first-order valence-corrected chi connectivity index (χ1v) is 15.0. The molecule has 0 saturated heterocycles. The zero-order chi connectivity index (χ0) is 30.9. The average molecular weight is 576 g/mol. The summed E-state index contributed by atoms with van der Waals surface area (Å²) in [5.41, 5.74) is 9.40. The van der Waals surface area contributed by atoms with Gasteiger partial charge in [0.25, 0.3) is 0 Å². The summed E-state index contributed by atoms with van der Waals surface area (Å²) in [5, 5.41) is 0. The topological polar surface area (TPSA) is 64.5 Å². The van der Waals surface area contributed by atoms with E-state index in [0.717, 1.165) is 39.1 Å². The number of hydrogen-bond acceptors (Lipinski definition) is 5. The van der Waals surface area contributed by atoms with Crippen LogP contribution in [0.5, 0.6) is 0 Å². The molecule has 0 amide bonds. The van der Waals surface area contributed by atoms with E-state index in [1.807, 2.05) is 66.7 Å². The lowest BCUT2D eigenvalue weighted by Gasteiger charge is -2.26. The molecular formula is C39H37N5. The van der Waals surface area contributed by atoms with Crippen LogP contribution in [0, 0.1) is 0 Å². The summed E-state index contributed by atoms with van der Waals surface area (Å²) < 4.78 is 0. The second-order valence-electron chi connectivity index (χ2n) is 13.2. The predicted molar refractivity (Wildman–Crippen MR) is 180 cm³/mol. The first-order chi connectivity index (χ1) is 21.0. The largest absolute Gasteiger partial charge is 0.245 e. The van der Waals surface area contributed by atoms with E-state index < -0.39 is 0 Å². The maximum absolute atomic E-state index is 5.03. The van der Waals surface area contributed by atoms with Gasteiger partial charge in [0, 0.05) is 28.5 Å². The van der Waals surface area contributed by atoms with Crippen molar-refractivity contribution in [1.82, 2.24) is 24.9 Å². The van der Waals surface area contributed by atoms with Crippen LogP contribution in [-0.4, -0.2) is 24.9 Å². The number of hydrogen-bond donors (Lipinski definition) is 0. The maximum Gasteiger partial charge on any atom is 0.164 e. The molecule has 2 heterocycles. The summed E-state index contributed by atoms with van der Waals surface area (Å²) in [7, 11) is 0. The third-order valence-electron chi connectivity index (χ3n) is 7.77. The van der Waals surface area contributed by atoms with Gasteiger partial charge in [-0.15, -0.1) is 0 Å². The highest BCUT2D eigenvalue weighted by atomic mass is 15.0. The molecule has 0 spiro atoms. The molecule has 0 fully saturated rings. The Kier molecular flexibility index (Phi) is 7.64. The standard InChI is InChI=1S/C39H37N5/c1-38(2,3)32-22-29(23-33(24-32)39(4,5)6)28-19-30(34-17-18-40-25-41-34)21-31(20-28)37-43-35(26-13-9-7-10-14-26)42-36(44-37)27-15-11-8-12-16-27/h7-25H,1-6H3. The lowest BCUT2D eigenvalue weighted by atomic mass is 9.78. The van der Waals surface area contributed by atoms with Gasteiger partial charge in [-0.1, -0.05) is 120 Å². The molecule has 5 heteroatoms. The van der Waals surface area contributed by atoms with Crippen molar-refractivity contribution in [3.8, 4) is 56.5 Å². The van der Waals surface area contributed by atoms with E-state index in [4.69, 9.17) is 15.0 Å². The van der Waals surface area contributed by atoms with Crippen LogP contribution in [0.15, 0.2) is 116 Å². The lowest BCUT2D eigenvalue weighted by molar-refractivity contribution is 0.569. The molecule has 0 radical (unpaired) electrons. The normalized spacial score (nSPS) is 11.9. The van der Waals surface area contributed by atoms with Crippen LogP contribution in [0.25, 0.3) is 56.5 Å². The molecule has 5 nitrogen and oxygen atoms in total. The Bertz CT molecular complexity index is 1810. The third kappa shape index (κ3) is 6.32. The molecular weight excluding hydrogens is 538 g/mol. The van der Waals surface area contributed by atoms with Crippen molar-refractivity contribution in [2.24, 2.45) is 0 Å². The highest BCUT2D eigenvalue weighted by Crippen LogP contribution is 2.37. The van der Waals surface area contributed by atoms with Gasteiger partial charge in [0.1, 0.15) is 6.33 Å². The molecule has 2 aromatic heterocycles. The van der Waals surface area contributed by atoms with E-state index in [1.54, 1.807) is 12.5 Å². The van der Waals surface area contributed by atoms with E-state index in [0.29, 0.717) is 17.5 Å². The number of aromatic nitrogens is 5. The van der Waals surface area contributed by atoms with E-state index in [2.05, 4.69) is 87.9 Å². The van der Waals surface area contributed by atoms with Crippen molar-refractivity contribution in [2.75, 3.05) is 0 Å². The Morgan fingerprint density at radius 3 is 1.36 bits per heavy atom. The maximum atomic E-state index is 5.03. The molecule has 0 saturated carbocycles. The van der Waals surface area contributed by atoms with Crippen LogP contribution in [0.4, 0.5) is 0 Å². The van der Waals surface area contributed by atoms with E-state index in [1.165, 1.54) is 11.1 Å². The van der Waals surface area contributed by atoms with E-state index in [-0.39, 0.29) is 10.8 Å². The van der Waals surface area contributed by atoms with Gasteiger partial charge in [-0.2, -0.15) is 0 Å². The Balaban J connectivity index is 1.61. The summed E-state index contributed by atoms with van der Waals surface area (Å²) in [6.07, 6.45) is 3.36. The molecule has 6 aromatic rings. The van der Waals surface area contributed by atoms with Crippen LogP contribution < -0.4 is 0 Å². The van der Waals surface area contributed by atoms with Crippen molar-refractivity contribution in [1.29, 1.82) is 0 Å². The van der Waals surface area contributed by atoms with Gasteiger partial charge in [-0.25, -0.2) is 24.9 Å². The lowest BCUT2D eigenvalue weighted by Crippen LogP contribution is -2.16. The van der Waals surface area contributed by atoms with Gasteiger partial charge >= 0.3 is 0 Å². The molecule has 0 bridgehead atoms. The minimum absolute atomic E-state index is 0.00745. The van der Waals surface area contributed by atoms with Crippen LogP contribution >= 0.6 is 0 Å². The molecule has 218 valence electrons. The van der Waals surface area contributed by atoms with Gasteiger partial charge in [-0.05, 0) is 57.3 Å². The van der Waals surface area contributed by atoms with Crippen molar-refractivity contribution in [3.05, 3.63) is 127 Å². The average Bonchev–Trinajstić information content (AvgIpc) is 3.04. The SMILES string of the molecule is CC(C)(C)c1cc(-c2cc(-c3ccncn3)cc(-c3nc(-c4ccccc4)nc(-c4ccccc4)n3)c2)cc(C(C)(C)C)c1. The molecule has 0 aliphatic heterocycles. The van der Waals surface area contributed by atoms with E-state index in [9.17, 15) is 0 Å². The molecule has 0 atom stereocenters. The molecule has 0 unspecified atom stereocenters. The second-order valence-corrected chi connectivity index (χ2v) is 13.2. The summed E-state index contributed by atoms with van der Waals surface area (Å²) in [4.78, 5) is 23.7. The summed E-state index contributed by atoms with van der Waals surface area (Å²) in [6.45, 7) is 13.6. The van der Waals surface area contributed by atoms with Crippen molar-refractivity contribution >= 4 is 0 Å². The Hall–Kier alpha value is -5.03. The Labute approximate surface area is 260 Å². The molecule has 4 aromatic carbocycles. The quantitative estimate of drug-likeness (QED) is 0.205. The van der Waals surface area contributed by atoms with Gasteiger partial charge in [0.15, 0.2) is 17.5 Å². The molecule has 44 heavy (non-hydrogen) atoms.